The molecule has 1 saturated carbocycles. The highest BCUT2D eigenvalue weighted by molar-refractivity contribution is 6.06. The van der Waals surface area contributed by atoms with Crippen molar-refractivity contribution in [1.82, 2.24) is 4.57 Å². The van der Waals surface area contributed by atoms with Gasteiger partial charge in [0.05, 0.1) is 18.8 Å². The molecule has 1 heterocycles. The summed E-state index contributed by atoms with van der Waals surface area (Å²) in [6.07, 6.45) is 5.92. The van der Waals surface area contributed by atoms with E-state index in [1.807, 2.05) is 25.1 Å². The van der Waals surface area contributed by atoms with Gasteiger partial charge in [-0.3, -0.25) is 0 Å². The predicted octanol–water partition coefficient (Wildman–Crippen LogP) is 4.57. The Morgan fingerprint density at radius 3 is 2.46 bits per heavy atom. The molecule has 0 spiro atoms. The molecule has 152 valence electrons. The van der Waals surface area contributed by atoms with Gasteiger partial charge in [-0.15, -0.1) is 0 Å². The van der Waals surface area contributed by atoms with Crippen LogP contribution in [0, 0.1) is 6.92 Å². The lowest BCUT2D eigenvalue weighted by atomic mass is 9.95. The number of nitrogens with zero attached hydrogens (tertiary/aromatic N) is 1. The van der Waals surface area contributed by atoms with Crippen molar-refractivity contribution < 1.29 is 23.8 Å². The minimum Gasteiger partial charge on any atom is -0.482 e. The maximum atomic E-state index is 12.7. The summed E-state index contributed by atoms with van der Waals surface area (Å²) >= 11 is 0. The first-order chi connectivity index (χ1) is 13.6. The number of benzene rings is 1. The minimum absolute atomic E-state index is 0.156. The van der Waals surface area contributed by atoms with Crippen molar-refractivity contribution in [2.75, 3.05) is 19.8 Å². The Bertz CT molecular complexity index is 848. The van der Waals surface area contributed by atoms with Crippen molar-refractivity contribution in [2.24, 2.45) is 0 Å². The van der Waals surface area contributed by atoms with Gasteiger partial charge in [0.1, 0.15) is 5.75 Å². The quantitative estimate of drug-likeness (QED) is 0.651. The molecule has 28 heavy (non-hydrogen) atoms. The summed E-state index contributed by atoms with van der Waals surface area (Å²) < 4.78 is 18.1. The van der Waals surface area contributed by atoms with E-state index in [-0.39, 0.29) is 12.6 Å². The van der Waals surface area contributed by atoms with Crippen molar-refractivity contribution >= 4 is 22.8 Å². The zero-order valence-corrected chi connectivity index (χ0v) is 17.0. The molecular formula is C22H29NO5. The minimum atomic E-state index is -0.413. The molecule has 1 fully saturated rings. The molecule has 0 bridgehead atoms. The molecule has 3 rings (SSSR count). The van der Waals surface area contributed by atoms with Gasteiger partial charge < -0.3 is 18.8 Å². The molecule has 0 N–H and O–H groups in total. The normalized spacial score (nSPS) is 14.8. The average molecular weight is 387 g/mol. The number of aromatic nitrogens is 1. The lowest BCUT2D eigenvalue weighted by Crippen LogP contribution is -2.15. The zero-order valence-electron chi connectivity index (χ0n) is 17.0. The van der Waals surface area contributed by atoms with Crippen molar-refractivity contribution in [3.8, 4) is 5.75 Å². The van der Waals surface area contributed by atoms with E-state index in [0.29, 0.717) is 30.6 Å². The van der Waals surface area contributed by atoms with Gasteiger partial charge in [0, 0.05) is 22.6 Å². The third-order valence-electron chi connectivity index (χ3n) is 5.30. The van der Waals surface area contributed by atoms with Gasteiger partial charge in [-0.25, -0.2) is 9.59 Å². The Morgan fingerprint density at radius 2 is 1.79 bits per heavy atom. The van der Waals surface area contributed by atoms with E-state index in [1.165, 1.54) is 19.3 Å². The monoisotopic (exact) mass is 387 g/mol. The lowest BCUT2D eigenvalue weighted by molar-refractivity contribution is -0.145. The van der Waals surface area contributed by atoms with Crippen LogP contribution < -0.4 is 4.74 Å². The highest BCUT2D eigenvalue weighted by Gasteiger charge is 2.26. The molecular weight excluding hydrogens is 358 g/mol. The summed E-state index contributed by atoms with van der Waals surface area (Å²) in [5, 5.41) is 0.808. The lowest BCUT2D eigenvalue weighted by Gasteiger charge is -2.26. The first kappa shape index (κ1) is 20.2. The third kappa shape index (κ3) is 4.16. The fourth-order valence-corrected chi connectivity index (χ4v) is 4.13. The number of carbonyl (C=O) groups is 2. The Kier molecular flexibility index (Phi) is 6.60. The highest BCUT2D eigenvalue weighted by atomic mass is 16.6. The van der Waals surface area contributed by atoms with Crippen LogP contribution in [0.4, 0.5) is 0 Å². The Balaban J connectivity index is 2.00. The van der Waals surface area contributed by atoms with Crippen LogP contribution in [-0.2, 0) is 14.3 Å². The second-order valence-corrected chi connectivity index (χ2v) is 7.12. The third-order valence-corrected chi connectivity index (χ3v) is 5.30. The first-order valence-corrected chi connectivity index (χ1v) is 10.2. The Morgan fingerprint density at radius 1 is 1.07 bits per heavy atom. The van der Waals surface area contributed by atoms with Crippen LogP contribution in [-0.4, -0.2) is 36.3 Å². The highest BCUT2D eigenvalue weighted by Crippen LogP contribution is 2.37. The van der Waals surface area contributed by atoms with Crippen LogP contribution in [0.25, 0.3) is 10.9 Å². The number of carbonyl (C=O) groups excluding carboxylic acids is 2. The van der Waals surface area contributed by atoms with E-state index in [0.717, 1.165) is 29.4 Å². The maximum absolute atomic E-state index is 12.7. The van der Waals surface area contributed by atoms with Crippen molar-refractivity contribution in [2.45, 2.75) is 58.9 Å². The van der Waals surface area contributed by atoms with Crippen molar-refractivity contribution in [3.63, 3.8) is 0 Å². The van der Waals surface area contributed by atoms with Crippen LogP contribution >= 0.6 is 0 Å². The molecule has 2 aromatic rings. The molecule has 0 unspecified atom stereocenters. The van der Waals surface area contributed by atoms with E-state index in [9.17, 15) is 9.59 Å². The molecule has 6 heteroatoms. The van der Waals surface area contributed by atoms with Crippen LogP contribution in [0.5, 0.6) is 5.75 Å². The molecule has 0 atom stereocenters. The van der Waals surface area contributed by atoms with Crippen LogP contribution in [0.3, 0.4) is 0 Å². The SMILES string of the molecule is CCOC(=O)COc1ccc2c(c1)c(C(=O)OCC)c(C)n2C1CCCCC1. The number of fused-ring (bicyclic) bond motifs is 1. The van der Waals surface area contributed by atoms with Gasteiger partial charge in [0.25, 0.3) is 0 Å². The fraction of sp³-hybridized carbons (Fsp3) is 0.545. The number of rotatable bonds is 7. The smallest absolute Gasteiger partial charge is 0.344 e. The number of ether oxygens (including phenoxy) is 3. The summed E-state index contributed by atoms with van der Waals surface area (Å²) in [6, 6.07) is 6.04. The molecule has 0 aliphatic heterocycles. The van der Waals surface area contributed by atoms with Crippen LogP contribution in [0.2, 0.25) is 0 Å². The summed E-state index contributed by atoms with van der Waals surface area (Å²) in [6.45, 7) is 6.04. The fourth-order valence-electron chi connectivity index (χ4n) is 4.13. The van der Waals surface area contributed by atoms with E-state index in [4.69, 9.17) is 14.2 Å². The van der Waals surface area contributed by atoms with Gasteiger partial charge in [0.15, 0.2) is 6.61 Å². The molecule has 0 saturated heterocycles. The van der Waals surface area contributed by atoms with E-state index >= 15 is 0 Å². The van der Waals surface area contributed by atoms with Gasteiger partial charge in [-0.05, 0) is 51.8 Å². The summed E-state index contributed by atoms with van der Waals surface area (Å²) in [5.41, 5.74) is 2.53. The van der Waals surface area contributed by atoms with Gasteiger partial charge in [-0.2, -0.15) is 0 Å². The van der Waals surface area contributed by atoms with E-state index in [2.05, 4.69) is 4.57 Å². The zero-order chi connectivity index (χ0) is 20.1. The first-order valence-electron chi connectivity index (χ1n) is 10.2. The predicted molar refractivity (Wildman–Crippen MR) is 107 cm³/mol. The topological polar surface area (TPSA) is 66.8 Å². The number of hydrogen-bond acceptors (Lipinski definition) is 5. The second-order valence-electron chi connectivity index (χ2n) is 7.12. The Labute approximate surface area is 165 Å². The van der Waals surface area contributed by atoms with Gasteiger partial charge >= 0.3 is 11.9 Å². The molecule has 1 aromatic heterocycles. The molecule has 0 amide bonds. The average Bonchev–Trinajstić information content (AvgIpc) is 2.98. The molecule has 1 aliphatic rings. The van der Waals surface area contributed by atoms with E-state index < -0.39 is 5.97 Å². The van der Waals surface area contributed by atoms with Crippen LogP contribution in [0.15, 0.2) is 18.2 Å². The van der Waals surface area contributed by atoms with Gasteiger partial charge in [0.2, 0.25) is 0 Å². The molecule has 1 aromatic carbocycles. The summed E-state index contributed by atoms with van der Waals surface area (Å²) in [4.78, 5) is 24.3. The summed E-state index contributed by atoms with van der Waals surface area (Å²) in [7, 11) is 0. The maximum Gasteiger partial charge on any atom is 0.344 e. The Hall–Kier alpha value is -2.50. The largest absolute Gasteiger partial charge is 0.482 e. The van der Waals surface area contributed by atoms with Crippen molar-refractivity contribution in [1.29, 1.82) is 0 Å². The second kappa shape index (κ2) is 9.13. The number of hydrogen-bond donors (Lipinski definition) is 0. The molecule has 0 radical (unpaired) electrons. The molecule has 1 aliphatic carbocycles. The molecule has 6 nitrogen and oxygen atoms in total. The van der Waals surface area contributed by atoms with Crippen LogP contribution in [0.1, 0.15) is 68.0 Å². The summed E-state index contributed by atoms with van der Waals surface area (Å²) in [5.74, 6) is -0.196. The van der Waals surface area contributed by atoms with E-state index in [1.54, 1.807) is 13.8 Å². The standard InChI is InChI=1S/C22H29NO5/c1-4-26-20(24)14-28-17-11-12-19-18(13-17)21(22(25)27-5-2)15(3)23(19)16-9-7-6-8-10-16/h11-13,16H,4-10,14H2,1-3H3. The van der Waals surface area contributed by atoms with Gasteiger partial charge in [-0.1, -0.05) is 19.3 Å². The number of esters is 2. The van der Waals surface area contributed by atoms with Crippen molar-refractivity contribution in [3.05, 3.63) is 29.5 Å².